The van der Waals surface area contributed by atoms with Gasteiger partial charge in [0.15, 0.2) is 5.67 Å². The van der Waals surface area contributed by atoms with Crippen molar-refractivity contribution in [3.8, 4) is 0 Å². The van der Waals surface area contributed by atoms with Crippen molar-refractivity contribution in [2.45, 2.75) is 83.8 Å². The average Bonchev–Trinajstić information content (AvgIpc) is 2.90. The van der Waals surface area contributed by atoms with Crippen molar-refractivity contribution in [3.63, 3.8) is 0 Å². The van der Waals surface area contributed by atoms with Crippen molar-refractivity contribution in [1.29, 1.82) is 0 Å². The highest BCUT2D eigenvalue weighted by molar-refractivity contribution is 9.11. The van der Waals surface area contributed by atoms with E-state index in [9.17, 15) is 25.2 Å². The van der Waals surface area contributed by atoms with E-state index in [1.807, 2.05) is 0 Å². The highest BCUT2D eigenvalue weighted by Crippen LogP contribution is 2.71. The van der Waals surface area contributed by atoms with E-state index in [4.69, 9.17) is 0 Å². The fourth-order valence-corrected chi connectivity index (χ4v) is 8.24. The summed E-state index contributed by atoms with van der Waals surface area (Å²) in [6, 6.07) is 0. The van der Waals surface area contributed by atoms with Gasteiger partial charge in [0, 0.05) is 27.8 Å². The van der Waals surface area contributed by atoms with Crippen LogP contribution in [0.4, 0.5) is 8.78 Å². The average molecular weight is 557 g/mol. The van der Waals surface area contributed by atoms with Gasteiger partial charge in [0.2, 0.25) is 0 Å². The molecule has 9 atom stereocenters. The quantitative estimate of drug-likeness (QED) is 0.269. The summed E-state index contributed by atoms with van der Waals surface area (Å²) in [6.45, 7) is 8.13. The third kappa shape index (κ3) is 3.47. The lowest BCUT2D eigenvalue weighted by Gasteiger charge is -2.62. The first kappa shape index (κ1) is 26.6. The van der Waals surface area contributed by atoms with Gasteiger partial charge in [-0.25, -0.2) is 8.78 Å². The number of hydrogen-bond donors (Lipinski definition) is 4. The Kier molecular flexibility index (Phi) is 6.09. The van der Waals surface area contributed by atoms with Gasteiger partial charge in [0.05, 0.1) is 28.3 Å². The van der Waals surface area contributed by atoms with Crippen molar-refractivity contribution in [2.75, 3.05) is 0 Å². The molecule has 3 fully saturated rings. The second-order valence-electron chi connectivity index (χ2n) is 12.2. The molecule has 0 amide bonds. The number of hydrogen-bond acceptors (Lipinski definition) is 4. The number of aliphatic carboxylic acids is 1. The standard InChI is InChI=1S/C27H35BrF2O5/c1-14-8-18-19-9-20(29)17-7-6-15(28)10-25(17,5)27(19,30)21(32)13-24(18,4)26(14,35)12-16(31)11-23(2,3)22(33)34/h6,10,12,14,18-21,31-32,35H,8-9,11,13H2,1-5H3,(H,33,34)/t14?,18-,19-,20?,21?,24-,25-,26+,27-/m0/s1. The van der Waals surface area contributed by atoms with Crippen LogP contribution in [0.5, 0.6) is 0 Å². The molecule has 0 bridgehead atoms. The number of aliphatic hydroxyl groups is 3. The van der Waals surface area contributed by atoms with Crippen molar-refractivity contribution in [2.24, 2.45) is 34.0 Å². The second-order valence-corrected chi connectivity index (χ2v) is 13.1. The topological polar surface area (TPSA) is 98.0 Å². The number of carboxylic acid groups (broad SMARTS) is 1. The van der Waals surface area contributed by atoms with Crippen LogP contribution < -0.4 is 0 Å². The van der Waals surface area contributed by atoms with Gasteiger partial charge < -0.3 is 20.4 Å². The van der Waals surface area contributed by atoms with Crippen LogP contribution in [0.2, 0.25) is 0 Å². The zero-order valence-electron chi connectivity index (χ0n) is 20.8. The minimum absolute atomic E-state index is 0.0907. The number of allylic oxidation sites excluding steroid dienone is 4. The summed E-state index contributed by atoms with van der Waals surface area (Å²) in [5, 5.41) is 43.5. The number of halogens is 3. The number of fused-ring (bicyclic) bond motifs is 5. The molecule has 4 aliphatic carbocycles. The molecule has 3 saturated carbocycles. The van der Waals surface area contributed by atoms with Crippen LogP contribution in [0.25, 0.3) is 0 Å². The molecule has 35 heavy (non-hydrogen) atoms. The van der Waals surface area contributed by atoms with Gasteiger partial charge in [-0.15, -0.1) is 5.73 Å². The second kappa shape index (κ2) is 8.01. The molecule has 0 radical (unpaired) electrons. The zero-order valence-corrected chi connectivity index (χ0v) is 22.4. The summed E-state index contributed by atoms with van der Waals surface area (Å²) in [7, 11) is 0. The van der Waals surface area contributed by atoms with E-state index in [1.54, 1.807) is 32.9 Å². The first-order chi connectivity index (χ1) is 15.9. The largest absolute Gasteiger partial charge is 0.513 e. The minimum atomic E-state index is -2.17. The van der Waals surface area contributed by atoms with E-state index < -0.39 is 63.5 Å². The Morgan fingerprint density at radius 2 is 1.91 bits per heavy atom. The van der Waals surface area contributed by atoms with Gasteiger partial charge in [-0.2, -0.15) is 0 Å². The number of carboxylic acids is 1. The van der Waals surface area contributed by atoms with Crippen LogP contribution in [0, 0.1) is 34.0 Å². The van der Waals surface area contributed by atoms with Gasteiger partial charge in [0.25, 0.3) is 0 Å². The molecule has 0 aliphatic heterocycles. The van der Waals surface area contributed by atoms with Crippen LogP contribution >= 0.6 is 15.9 Å². The molecule has 0 aromatic carbocycles. The molecule has 0 saturated heterocycles. The Bertz CT molecular complexity index is 1080. The Morgan fingerprint density at radius 1 is 1.29 bits per heavy atom. The maximum atomic E-state index is 17.3. The van der Waals surface area contributed by atoms with E-state index in [2.05, 4.69) is 21.7 Å². The van der Waals surface area contributed by atoms with E-state index >= 15 is 8.78 Å². The zero-order chi connectivity index (χ0) is 26.4. The Morgan fingerprint density at radius 3 is 2.51 bits per heavy atom. The first-order valence-electron chi connectivity index (χ1n) is 12.2. The fourth-order valence-electron chi connectivity index (χ4n) is 7.67. The lowest BCUT2D eigenvalue weighted by atomic mass is 9.44. The molecule has 4 aliphatic rings. The Balaban J connectivity index is 1.79. The number of carbonyl (C=O) groups is 1. The fraction of sp³-hybridized carbons (Fsp3) is 0.704. The van der Waals surface area contributed by atoms with Crippen molar-refractivity contribution in [3.05, 3.63) is 39.8 Å². The maximum absolute atomic E-state index is 17.3. The molecular weight excluding hydrogens is 522 g/mol. The van der Waals surface area contributed by atoms with Crippen LogP contribution in [0.1, 0.15) is 60.3 Å². The van der Waals surface area contributed by atoms with Crippen LogP contribution in [0.3, 0.4) is 0 Å². The van der Waals surface area contributed by atoms with E-state index in [-0.39, 0.29) is 30.6 Å². The molecule has 4 N–H and O–H groups in total. The summed E-state index contributed by atoms with van der Waals surface area (Å²) in [4.78, 5) is 11.5. The molecule has 4 rings (SSSR count). The van der Waals surface area contributed by atoms with Gasteiger partial charge in [-0.1, -0.05) is 35.9 Å². The van der Waals surface area contributed by atoms with E-state index in [0.717, 1.165) is 0 Å². The van der Waals surface area contributed by atoms with Crippen LogP contribution in [-0.2, 0) is 4.79 Å². The van der Waals surface area contributed by atoms with Gasteiger partial charge >= 0.3 is 5.97 Å². The van der Waals surface area contributed by atoms with Crippen molar-refractivity contribution < 1.29 is 34.0 Å². The highest BCUT2D eigenvalue weighted by atomic mass is 79.9. The molecule has 0 spiro atoms. The van der Waals surface area contributed by atoms with Gasteiger partial charge in [-0.05, 0) is 64.0 Å². The third-order valence-corrected chi connectivity index (χ3v) is 10.2. The Hall–Kier alpha value is -1.47. The number of rotatable bonds is 4. The third-order valence-electron chi connectivity index (χ3n) is 9.73. The van der Waals surface area contributed by atoms with Crippen molar-refractivity contribution >= 4 is 21.9 Å². The lowest BCUT2D eigenvalue weighted by molar-refractivity contribution is -0.217. The van der Waals surface area contributed by atoms with E-state index in [1.165, 1.54) is 19.9 Å². The molecule has 5 nitrogen and oxygen atoms in total. The summed E-state index contributed by atoms with van der Waals surface area (Å²) >= 11 is 3.36. The molecule has 194 valence electrons. The SMILES string of the molecule is CC1C[C@H]2[C@@H]3CC(F)C4=C=CC(Br)=C[C@]4(C)[C@@]3(F)C(O)C[C@]2(C)[C@@]1(O)C=C(O)CC(C)(C)C(=O)O. The Labute approximate surface area is 213 Å². The molecule has 0 aromatic heterocycles. The maximum Gasteiger partial charge on any atom is 0.309 e. The van der Waals surface area contributed by atoms with Crippen LogP contribution in [0.15, 0.2) is 39.8 Å². The molecule has 8 heteroatoms. The summed E-state index contributed by atoms with van der Waals surface area (Å²) in [5.41, 5.74) is -4.43. The monoisotopic (exact) mass is 556 g/mol. The summed E-state index contributed by atoms with van der Waals surface area (Å²) in [6.07, 6.45) is 1.50. The number of aliphatic hydroxyl groups excluding tert-OH is 2. The minimum Gasteiger partial charge on any atom is -0.513 e. The molecule has 0 aromatic rings. The molecule has 3 unspecified atom stereocenters. The molecular formula is C27H35BrF2O5. The predicted octanol–water partition coefficient (Wildman–Crippen LogP) is 5.53. The smallest absolute Gasteiger partial charge is 0.309 e. The number of alkyl halides is 2. The normalized spacial score (nSPS) is 47.4. The lowest BCUT2D eigenvalue weighted by Crippen LogP contribution is -2.69. The van der Waals surface area contributed by atoms with Crippen LogP contribution in [-0.4, -0.2) is 49.9 Å². The first-order valence-corrected chi connectivity index (χ1v) is 13.0. The summed E-state index contributed by atoms with van der Waals surface area (Å²) < 4.78 is 33.4. The van der Waals surface area contributed by atoms with Gasteiger partial charge in [-0.3, -0.25) is 4.79 Å². The van der Waals surface area contributed by atoms with E-state index in [0.29, 0.717) is 10.9 Å². The highest BCUT2D eigenvalue weighted by Gasteiger charge is 2.75. The summed E-state index contributed by atoms with van der Waals surface area (Å²) in [5.74, 6) is -3.13. The predicted molar refractivity (Wildman–Crippen MR) is 131 cm³/mol. The molecule has 0 heterocycles. The van der Waals surface area contributed by atoms with Crippen molar-refractivity contribution in [1.82, 2.24) is 0 Å². The van der Waals surface area contributed by atoms with Gasteiger partial charge in [0.1, 0.15) is 6.17 Å².